The van der Waals surface area contributed by atoms with Crippen molar-refractivity contribution in [1.82, 2.24) is 4.90 Å². The van der Waals surface area contributed by atoms with Gasteiger partial charge >= 0.3 is 0 Å². The summed E-state index contributed by atoms with van der Waals surface area (Å²) in [6.45, 7) is 9.93. The minimum absolute atomic E-state index is 0.192. The van der Waals surface area contributed by atoms with Crippen molar-refractivity contribution >= 4 is 0 Å². The van der Waals surface area contributed by atoms with Gasteiger partial charge in [-0.2, -0.15) is 0 Å². The van der Waals surface area contributed by atoms with Gasteiger partial charge in [0.15, 0.2) is 0 Å². The van der Waals surface area contributed by atoms with Crippen LogP contribution >= 0.6 is 0 Å². The van der Waals surface area contributed by atoms with E-state index in [0.717, 1.165) is 12.1 Å². The fourth-order valence-electron chi connectivity index (χ4n) is 3.26. The number of aryl methyl sites for hydroxylation is 1. The van der Waals surface area contributed by atoms with Gasteiger partial charge in [0.05, 0.1) is 6.10 Å². The molecule has 19 heavy (non-hydrogen) atoms. The van der Waals surface area contributed by atoms with Crippen LogP contribution in [0, 0.1) is 12.8 Å². The first-order chi connectivity index (χ1) is 9.00. The van der Waals surface area contributed by atoms with Gasteiger partial charge in [-0.1, -0.05) is 43.7 Å². The third kappa shape index (κ3) is 3.18. The number of nitrogens with zero attached hydrogens (tertiary/aromatic N) is 1. The van der Waals surface area contributed by atoms with Crippen LogP contribution in [0.2, 0.25) is 0 Å². The molecular formula is C17H27NO. The van der Waals surface area contributed by atoms with Crippen LogP contribution in [0.15, 0.2) is 24.3 Å². The predicted octanol–water partition coefficient (Wildman–Crippen LogP) is 3.54. The largest absolute Gasteiger partial charge is 0.387 e. The maximum Gasteiger partial charge on any atom is 0.0942 e. The minimum atomic E-state index is -0.389. The number of hydrogen-bond acceptors (Lipinski definition) is 2. The summed E-state index contributed by atoms with van der Waals surface area (Å²) in [7, 11) is 0. The number of benzene rings is 1. The van der Waals surface area contributed by atoms with Crippen molar-refractivity contribution < 1.29 is 5.11 Å². The summed E-state index contributed by atoms with van der Waals surface area (Å²) in [6.07, 6.45) is 2.14. The molecule has 106 valence electrons. The second-order valence-corrected chi connectivity index (χ2v) is 6.29. The zero-order valence-corrected chi connectivity index (χ0v) is 12.6. The number of rotatable bonds is 4. The number of aliphatic hydroxyl groups excluding tert-OH is 1. The molecule has 1 N–H and O–H groups in total. The van der Waals surface area contributed by atoms with Crippen molar-refractivity contribution in [3.8, 4) is 0 Å². The zero-order chi connectivity index (χ0) is 14.0. The molecule has 1 fully saturated rings. The maximum absolute atomic E-state index is 10.6. The molecule has 1 aliphatic heterocycles. The molecule has 0 aromatic heterocycles. The van der Waals surface area contributed by atoms with Gasteiger partial charge in [-0.15, -0.1) is 0 Å². The monoisotopic (exact) mass is 261 g/mol. The highest BCUT2D eigenvalue weighted by Crippen LogP contribution is 2.31. The lowest BCUT2D eigenvalue weighted by Crippen LogP contribution is -2.43. The fourth-order valence-corrected chi connectivity index (χ4v) is 3.26. The van der Waals surface area contributed by atoms with E-state index in [1.165, 1.54) is 18.4 Å². The SMILES string of the molecule is Cc1ccc(C(O)C(C)N2CCCC2C(C)C)cc1. The van der Waals surface area contributed by atoms with Crippen LogP contribution in [0.3, 0.4) is 0 Å². The van der Waals surface area contributed by atoms with E-state index < -0.39 is 0 Å². The highest BCUT2D eigenvalue weighted by molar-refractivity contribution is 5.24. The average Bonchev–Trinajstić information content (AvgIpc) is 2.87. The van der Waals surface area contributed by atoms with Gasteiger partial charge in [0.1, 0.15) is 0 Å². The highest BCUT2D eigenvalue weighted by Gasteiger charge is 2.33. The third-order valence-corrected chi connectivity index (χ3v) is 4.51. The number of likely N-dealkylation sites (tertiary alicyclic amines) is 1. The summed E-state index contributed by atoms with van der Waals surface area (Å²) >= 11 is 0. The molecule has 0 amide bonds. The van der Waals surface area contributed by atoms with Crippen LogP contribution in [0.5, 0.6) is 0 Å². The topological polar surface area (TPSA) is 23.5 Å². The van der Waals surface area contributed by atoms with E-state index in [1.807, 2.05) is 0 Å². The number of aliphatic hydroxyl groups is 1. The van der Waals surface area contributed by atoms with Gasteiger partial charge in [-0.25, -0.2) is 0 Å². The lowest BCUT2D eigenvalue weighted by molar-refractivity contribution is 0.0398. The van der Waals surface area contributed by atoms with E-state index in [1.54, 1.807) is 0 Å². The molecule has 1 aromatic rings. The van der Waals surface area contributed by atoms with Crippen LogP contribution in [-0.2, 0) is 0 Å². The summed E-state index contributed by atoms with van der Waals surface area (Å²) in [5.74, 6) is 0.662. The van der Waals surface area contributed by atoms with E-state index in [0.29, 0.717) is 12.0 Å². The molecule has 0 saturated carbocycles. The molecule has 1 saturated heterocycles. The lowest BCUT2D eigenvalue weighted by atomic mass is 9.97. The van der Waals surface area contributed by atoms with Crippen LogP contribution in [0.25, 0.3) is 0 Å². The molecule has 2 heteroatoms. The van der Waals surface area contributed by atoms with Crippen LogP contribution in [0.1, 0.15) is 50.8 Å². The fraction of sp³-hybridized carbons (Fsp3) is 0.647. The Bertz CT molecular complexity index is 398. The Labute approximate surface area is 117 Å². The van der Waals surface area contributed by atoms with E-state index >= 15 is 0 Å². The van der Waals surface area contributed by atoms with E-state index in [9.17, 15) is 5.11 Å². The molecule has 1 aromatic carbocycles. The summed E-state index contributed by atoms with van der Waals surface area (Å²) in [5.41, 5.74) is 2.28. The Morgan fingerprint density at radius 1 is 1.16 bits per heavy atom. The quantitative estimate of drug-likeness (QED) is 0.896. The molecular weight excluding hydrogens is 234 g/mol. The predicted molar refractivity (Wildman–Crippen MR) is 80.2 cm³/mol. The molecule has 2 rings (SSSR count). The molecule has 3 unspecified atom stereocenters. The summed E-state index contributed by atoms with van der Waals surface area (Å²) < 4.78 is 0. The second kappa shape index (κ2) is 6.06. The molecule has 0 radical (unpaired) electrons. The van der Waals surface area contributed by atoms with Crippen molar-refractivity contribution in [2.24, 2.45) is 5.92 Å². The first-order valence-electron chi connectivity index (χ1n) is 7.51. The Hall–Kier alpha value is -0.860. The van der Waals surface area contributed by atoms with Crippen molar-refractivity contribution in [1.29, 1.82) is 0 Å². The Balaban J connectivity index is 2.10. The zero-order valence-electron chi connectivity index (χ0n) is 12.6. The molecule has 0 spiro atoms. The first-order valence-corrected chi connectivity index (χ1v) is 7.51. The minimum Gasteiger partial charge on any atom is -0.387 e. The van der Waals surface area contributed by atoms with Gasteiger partial charge in [0, 0.05) is 12.1 Å². The lowest BCUT2D eigenvalue weighted by Gasteiger charge is -2.35. The van der Waals surface area contributed by atoms with Gasteiger partial charge in [0.2, 0.25) is 0 Å². The maximum atomic E-state index is 10.6. The average molecular weight is 261 g/mol. The molecule has 0 aliphatic carbocycles. The smallest absolute Gasteiger partial charge is 0.0942 e. The summed E-state index contributed by atoms with van der Waals surface area (Å²) in [5, 5.41) is 10.6. The summed E-state index contributed by atoms with van der Waals surface area (Å²) in [6, 6.07) is 9.07. The normalized spacial score (nSPS) is 23.8. The molecule has 3 atom stereocenters. The van der Waals surface area contributed by atoms with E-state index in [2.05, 4.69) is 56.9 Å². The van der Waals surface area contributed by atoms with Gasteiger partial charge in [-0.05, 0) is 44.7 Å². The van der Waals surface area contributed by atoms with E-state index in [4.69, 9.17) is 0 Å². The number of hydrogen-bond donors (Lipinski definition) is 1. The third-order valence-electron chi connectivity index (χ3n) is 4.51. The first kappa shape index (κ1) is 14.5. The van der Waals surface area contributed by atoms with Crippen molar-refractivity contribution in [2.45, 2.75) is 58.7 Å². The summed E-state index contributed by atoms with van der Waals surface area (Å²) in [4.78, 5) is 2.50. The van der Waals surface area contributed by atoms with Crippen LogP contribution < -0.4 is 0 Å². The van der Waals surface area contributed by atoms with Crippen molar-refractivity contribution in [3.05, 3.63) is 35.4 Å². The van der Waals surface area contributed by atoms with Crippen LogP contribution in [0.4, 0.5) is 0 Å². The molecule has 1 heterocycles. The standard InChI is InChI=1S/C17H27NO/c1-12(2)16-6-5-11-18(16)14(4)17(19)15-9-7-13(3)8-10-15/h7-10,12,14,16-17,19H,5-6,11H2,1-4H3. The van der Waals surface area contributed by atoms with E-state index in [-0.39, 0.29) is 12.1 Å². The second-order valence-electron chi connectivity index (χ2n) is 6.29. The molecule has 1 aliphatic rings. The Morgan fingerprint density at radius 2 is 1.79 bits per heavy atom. The van der Waals surface area contributed by atoms with Gasteiger partial charge in [-0.3, -0.25) is 4.90 Å². The van der Waals surface area contributed by atoms with Crippen LogP contribution in [-0.4, -0.2) is 28.6 Å². The highest BCUT2D eigenvalue weighted by atomic mass is 16.3. The Kier molecular flexibility index (Phi) is 4.64. The molecule has 2 nitrogen and oxygen atoms in total. The Morgan fingerprint density at radius 3 is 2.37 bits per heavy atom. The molecule has 0 bridgehead atoms. The van der Waals surface area contributed by atoms with Gasteiger partial charge < -0.3 is 5.11 Å². The van der Waals surface area contributed by atoms with Gasteiger partial charge in [0.25, 0.3) is 0 Å². The van der Waals surface area contributed by atoms with Crippen molar-refractivity contribution in [3.63, 3.8) is 0 Å². The van der Waals surface area contributed by atoms with Crippen molar-refractivity contribution in [2.75, 3.05) is 6.54 Å².